The zero-order chi connectivity index (χ0) is 12.5. The molecule has 1 aromatic carbocycles. The zero-order valence-electron chi connectivity index (χ0n) is 10.0. The summed E-state index contributed by atoms with van der Waals surface area (Å²) in [6, 6.07) is 6.61. The number of rotatable bonds is 2. The van der Waals surface area contributed by atoms with Gasteiger partial charge in [0.2, 0.25) is 0 Å². The van der Waals surface area contributed by atoms with Crippen LogP contribution in [0.3, 0.4) is 0 Å². The van der Waals surface area contributed by atoms with Gasteiger partial charge >= 0.3 is 0 Å². The van der Waals surface area contributed by atoms with Crippen LogP contribution in [0.5, 0.6) is 5.75 Å². The van der Waals surface area contributed by atoms with Crippen molar-refractivity contribution in [3.8, 4) is 5.75 Å². The molecule has 2 rings (SSSR count). The second-order valence-electron chi connectivity index (χ2n) is 4.87. The minimum atomic E-state index is -3.14. The molecule has 1 N–H and O–H groups in total. The normalized spacial score (nSPS) is 20.1. The van der Waals surface area contributed by atoms with E-state index in [1.807, 2.05) is 0 Å². The van der Waals surface area contributed by atoms with Crippen molar-refractivity contribution in [2.45, 2.75) is 36.9 Å². The average molecular weight is 254 g/mol. The molecule has 0 heterocycles. The number of phenolic OH excluding ortho intramolecular Hbond substituents is 1. The number of phenols is 1. The quantitative estimate of drug-likeness (QED) is 0.882. The fraction of sp³-hybridized carbons (Fsp3) is 0.538. The monoisotopic (exact) mass is 254 g/mol. The first kappa shape index (κ1) is 12.4. The largest absolute Gasteiger partial charge is 0.508 e. The summed E-state index contributed by atoms with van der Waals surface area (Å²) in [7, 11) is -3.14. The van der Waals surface area contributed by atoms with Gasteiger partial charge in [-0.25, -0.2) is 8.42 Å². The molecule has 0 saturated heterocycles. The Morgan fingerprint density at radius 1 is 1.06 bits per heavy atom. The Bertz CT molecular complexity index is 482. The molecule has 94 valence electrons. The van der Waals surface area contributed by atoms with Crippen LogP contribution in [0.1, 0.15) is 37.7 Å². The SMILES string of the molecule is CS(=O)(=O)C1(c2ccc(O)cc2)CCCCC1. The molecule has 4 heteroatoms. The summed E-state index contributed by atoms with van der Waals surface area (Å²) in [6.07, 6.45) is 5.72. The Morgan fingerprint density at radius 2 is 1.59 bits per heavy atom. The van der Waals surface area contributed by atoms with E-state index in [0.717, 1.165) is 24.8 Å². The van der Waals surface area contributed by atoms with Crippen molar-refractivity contribution in [2.24, 2.45) is 0 Å². The van der Waals surface area contributed by atoms with E-state index in [-0.39, 0.29) is 5.75 Å². The molecular formula is C13H18O3S. The third-order valence-electron chi connectivity index (χ3n) is 3.76. The topological polar surface area (TPSA) is 54.4 Å². The molecular weight excluding hydrogens is 236 g/mol. The van der Waals surface area contributed by atoms with Gasteiger partial charge in [0, 0.05) is 6.26 Å². The molecule has 0 radical (unpaired) electrons. The lowest BCUT2D eigenvalue weighted by molar-refractivity contribution is 0.381. The summed E-state index contributed by atoms with van der Waals surface area (Å²) < 4.78 is 23.5. The van der Waals surface area contributed by atoms with E-state index >= 15 is 0 Å². The zero-order valence-corrected chi connectivity index (χ0v) is 10.8. The van der Waals surface area contributed by atoms with Gasteiger partial charge in [0.15, 0.2) is 9.84 Å². The first-order valence-corrected chi connectivity index (χ1v) is 7.84. The lowest BCUT2D eigenvalue weighted by Gasteiger charge is -2.36. The highest BCUT2D eigenvalue weighted by atomic mass is 32.2. The Kier molecular flexibility index (Phi) is 3.17. The average Bonchev–Trinajstić information content (AvgIpc) is 2.29. The van der Waals surface area contributed by atoms with Gasteiger partial charge in [0.1, 0.15) is 5.75 Å². The van der Waals surface area contributed by atoms with E-state index in [4.69, 9.17) is 0 Å². The fourth-order valence-corrected chi connectivity index (χ4v) is 4.36. The van der Waals surface area contributed by atoms with Crippen molar-refractivity contribution in [1.82, 2.24) is 0 Å². The third kappa shape index (κ3) is 2.18. The van der Waals surface area contributed by atoms with Crippen LogP contribution in [0.25, 0.3) is 0 Å². The van der Waals surface area contributed by atoms with Crippen molar-refractivity contribution in [1.29, 1.82) is 0 Å². The van der Waals surface area contributed by atoms with Gasteiger partial charge in [-0.1, -0.05) is 31.4 Å². The summed E-state index contributed by atoms with van der Waals surface area (Å²) in [5.41, 5.74) is 0.817. The highest BCUT2D eigenvalue weighted by molar-refractivity contribution is 7.91. The lowest BCUT2D eigenvalue weighted by Crippen LogP contribution is -2.37. The summed E-state index contributed by atoms with van der Waals surface area (Å²) in [4.78, 5) is 0. The van der Waals surface area contributed by atoms with Gasteiger partial charge in [-0.05, 0) is 30.5 Å². The van der Waals surface area contributed by atoms with Crippen LogP contribution < -0.4 is 0 Å². The van der Waals surface area contributed by atoms with E-state index in [2.05, 4.69) is 0 Å². The lowest BCUT2D eigenvalue weighted by atomic mass is 9.83. The molecule has 17 heavy (non-hydrogen) atoms. The highest BCUT2D eigenvalue weighted by Crippen LogP contribution is 2.43. The minimum Gasteiger partial charge on any atom is -0.508 e. The molecule has 1 aliphatic carbocycles. The van der Waals surface area contributed by atoms with Gasteiger partial charge < -0.3 is 5.11 Å². The maximum atomic E-state index is 12.1. The van der Waals surface area contributed by atoms with E-state index in [9.17, 15) is 13.5 Å². The van der Waals surface area contributed by atoms with E-state index in [0.29, 0.717) is 12.8 Å². The summed E-state index contributed by atoms with van der Waals surface area (Å²) in [5, 5.41) is 9.29. The Hall–Kier alpha value is -1.03. The van der Waals surface area contributed by atoms with Gasteiger partial charge in [0.25, 0.3) is 0 Å². The van der Waals surface area contributed by atoms with Gasteiger partial charge in [-0.15, -0.1) is 0 Å². The van der Waals surface area contributed by atoms with Crippen LogP contribution in [-0.4, -0.2) is 19.8 Å². The van der Waals surface area contributed by atoms with Crippen LogP contribution in [0.4, 0.5) is 0 Å². The second kappa shape index (κ2) is 4.33. The van der Waals surface area contributed by atoms with Crippen LogP contribution in [-0.2, 0) is 14.6 Å². The Morgan fingerprint density at radius 3 is 2.06 bits per heavy atom. The molecule has 0 spiro atoms. The number of sulfone groups is 1. The first-order valence-electron chi connectivity index (χ1n) is 5.95. The summed E-state index contributed by atoms with van der Waals surface area (Å²) in [5.74, 6) is 0.174. The molecule has 0 amide bonds. The van der Waals surface area contributed by atoms with Gasteiger partial charge in [-0.2, -0.15) is 0 Å². The maximum Gasteiger partial charge on any atom is 0.157 e. The van der Waals surface area contributed by atoms with Crippen molar-refractivity contribution >= 4 is 9.84 Å². The number of hydrogen-bond acceptors (Lipinski definition) is 3. The highest BCUT2D eigenvalue weighted by Gasteiger charge is 2.43. The second-order valence-corrected chi connectivity index (χ2v) is 7.20. The van der Waals surface area contributed by atoms with Crippen LogP contribution in [0.15, 0.2) is 24.3 Å². The van der Waals surface area contributed by atoms with Crippen molar-refractivity contribution < 1.29 is 13.5 Å². The smallest absolute Gasteiger partial charge is 0.157 e. The predicted octanol–water partition coefficient (Wildman–Crippen LogP) is 2.60. The van der Waals surface area contributed by atoms with Crippen molar-refractivity contribution in [3.05, 3.63) is 29.8 Å². The van der Waals surface area contributed by atoms with Crippen molar-refractivity contribution in [3.63, 3.8) is 0 Å². The number of benzene rings is 1. The molecule has 0 unspecified atom stereocenters. The Labute approximate surface area is 102 Å². The van der Waals surface area contributed by atoms with Crippen LogP contribution in [0, 0.1) is 0 Å². The molecule has 0 bridgehead atoms. The summed E-state index contributed by atoms with van der Waals surface area (Å²) >= 11 is 0. The van der Waals surface area contributed by atoms with Gasteiger partial charge in [-0.3, -0.25) is 0 Å². The molecule has 0 aromatic heterocycles. The molecule has 0 aliphatic heterocycles. The fourth-order valence-electron chi connectivity index (χ4n) is 2.76. The molecule has 1 saturated carbocycles. The van der Waals surface area contributed by atoms with E-state index in [1.165, 1.54) is 6.26 Å². The number of hydrogen-bond donors (Lipinski definition) is 1. The summed E-state index contributed by atoms with van der Waals surface area (Å²) in [6.45, 7) is 0. The molecule has 3 nitrogen and oxygen atoms in total. The maximum absolute atomic E-state index is 12.1. The minimum absolute atomic E-state index is 0.174. The van der Waals surface area contributed by atoms with E-state index in [1.54, 1.807) is 24.3 Å². The molecule has 0 atom stereocenters. The Balaban J connectivity index is 2.50. The molecule has 1 fully saturated rings. The standard InChI is InChI=1S/C13H18O3S/c1-17(15,16)13(9-3-2-4-10-13)11-5-7-12(14)8-6-11/h5-8,14H,2-4,9-10H2,1H3. The van der Waals surface area contributed by atoms with Crippen LogP contribution >= 0.6 is 0 Å². The first-order chi connectivity index (χ1) is 7.96. The number of aromatic hydroxyl groups is 1. The molecule has 1 aliphatic rings. The molecule has 1 aromatic rings. The van der Waals surface area contributed by atoms with Crippen LogP contribution in [0.2, 0.25) is 0 Å². The third-order valence-corrected chi connectivity index (χ3v) is 5.83. The van der Waals surface area contributed by atoms with E-state index < -0.39 is 14.6 Å². The van der Waals surface area contributed by atoms with Crippen molar-refractivity contribution in [2.75, 3.05) is 6.26 Å². The van der Waals surface area contributed by atoms with Gasteiger partial charge in [0.05, 0.1) is 4.75 Å². The predicted molar refractivity (Wildman–Crippen MR) is 67.7 cm³/mol.